The molecule has 0 aliphatic carbocycles. The fraction of sp³-hybridized carbons (Fsp3) is 0.364. The molecule has 4 nitrogen and oxygen atoms in total. The van der Waals surface area contributed by atoms with E-state index < -0.39 is 0 Å². The summed E-state index contributed by atoms with van der Waals surface area (Å²) in [7, 11) is 0. The van der Waals surface area contributed by atoms with E-state index in [9.17, 15) is 4.79 Å². The van der Waals surface area contributed by atoms with Gasteiger partial charge in [-0.15, -0.1) is 11.8 Å². The number of carbonyl (C=O) groups excluding carboxylic acids is 1. The van der Waals surface area contributed by atoms with Gasteiger partial charge in [0.05, 0.1) is 6.54 Å². The van der Waals surface area contributed by atoms with E-state index in [0.29, 0.717) is 30.3 Å². The van der Waals surface area contributed by atoms with Gasteiger partial charge in [0.1, 0.15) is 13.2 Å². The first-order valence-corrected chi connectivity index (χ1v) is 6.19. The smallest absolute Gasteiger partial charge is 0.177 e. The van der Waals surface area contributed by atoms with E-state index in [1.165, 1.54) is 11.8 Å². The molecule has 86 valence electrons. The molecular formula is C11H13NO3S. The molecule has 1 aliphatic heterocycles. The van der Waals surface area contributed by atoms with Crippen molar-refractivity contribution in [3.8, 4) is 11.5 Å². The Bertz CT molecular complexity index is 420. The predicted molar refractivity (Wildman–Crippen MR) is 62.6 cm³/mol. The molecule has 0 aromatic heterocycles. The van der Waals surface area contributed by atoms with Crippen LogP contribution in [0.1, 0.15) is 10.4 Å². The highest BCUT2D eigenvalue weighted by Gasteiger charge is 2.18. The normalized spacial score (nSPS) is 13.6. The highest BCUT2D eigenvalue weighted by Crippen LogP contribution is 2.36. The molecule has 2 N–H and O–H groups in total. The zero-order chi connectivity index (χ0) is 11.5. The Kier molecular flexibility index (Phi) is 3.36. The Morgan fingerprint density at radius 2 is 2.00 bits per heavy atom. The van der Waals surface area contributed by atoms with Crippen LogP contribution in [0, 0.1) is 0 Å². The summed E-state index contributed by atoms with van der Waals surface area (Å²) in [6.45, 7) is 1.07. The fourth-order valence-electron chi connectivity index (χ4n) is 1.57. The maximum atomic E-state index is 11.6. The fourth-order valence-corrected chi connectivity index (χ4v) is 2.18. The minimum atomic E-state index is -0.0821. The zero-order valence-corrected chi connectivity index (χ0v) is 9.80. The van der Waals surface area contributed by atoms with Crippen molar-refractivity contribution >= 4 is 17.5 Å². The van der Waals surface area contributed by atoms with E-state index in [2.05, 4.69) is 0 Å². The van der Waals surface area contributed by atoms with E-state index in [1.54, 1.807) is 6.07 Å². The minimum absolute atomic E-state index is 0.00715. The lowest BCUT2D eigenvalue weighted by molar-refractivity contribution is 0.0997. The number of Topliss-reactive ketones (excluding diaryl/α,β-unsaturated/α-hetero) is 1. The largest absolute Gasteiger partial charge is 0.486 e. The SMILES string of the molecule is CSc1cc2c(cc1C(=O)CN)OCCO2. The second kappa shape index (κ2) is 4.76. The van der Waals surface area contributed by atoms with E-state index in [0.717, 1.165) is 4.90 Å². The molecule has 1 aliphatic rings. The van der Waals surface area contributed by atoms with Gasteiger partial charge in [-0.3, -0.25) is 4.79 Å². The molecule has 0 spiro atoms. The number of hydrogen-bond acceptors (Lipinski definition) is 5. The van der Waals surface area contributed by atoms with Crippen LogP contribution in [0.4, 0.5) is 0 Å². The highest BCUT2D eigenvalue weighted by atomic mass is 32.2. The Hall–Kier alpha value is -1.20. The lowest BCUT2D eigenvalue weighted by atomic mass is 10.1. The molecule has 0 unspecified atom stereocenters. The molecule has 0 saturated heterocycles. The van der Waals surface area contributed by atoms with Gasteiger partial charge in [0, 0.05) is 10.5 Å². The summed E-state index contributed by atoms with van der Waals surface area (Å²) in [4.78, 5) is 12.5. The van der Waals surface area contributed by atoms with Crippen LogP contribution in [0.15, 0.2) is 17.0 Å². The summed E-state index contributed by atoms with van der Waals surface area (Å²) in [5, 5.41) is 0. The number of rotatable bonds is 3. The maximum absolute atomic E-state index is 11.6. The quantitative estimate of drug-likeness (QED) is 0.636. The van der Waals surface area contributed by atoms with Crippen LogP contribution in [0.5, 0.6) is 11.5 Å². The molecule has 1 aromatic rings. The van der Waals surface area contributed by atoms with Crippen LogP contribution in [-0.2, 0) is 0 Å². The number of thioether (sulfide) groups is 1. The number of fused-ring (bicyclic) bond motifs is 1. The molecule has 5 heteroatoms. The van der Waals surface area contributed by atoms with Gasteiger partial charge in [-0.05, 0) is 18.4 Å². The first-order chi connectivity index (χ1) is 7.76. The monoisotopic (exact) mass is 239 g/mol. The number of hydrogen-bond donors (Lipinski definition) is 1. The number of carbonyl (C=O) groups is 1. The summed E-state index contributed by atoms with van der Waals surface area (Å²) < 4.78 is 10.9. The third kappa shape index (κ3) is 2.01. The van der Waals surface area contributed by atoms with Gasteiger partial charge in [-0.1, -0.05) is 0 Å². The molecule has 0 atom stereocenters. The van der Waals surface area contributed by atoms with Crippen LogP contribution in [-0.4, -0.2) is 31.8 Å². The predicted octanol–water partition coefficient (Wildman–Crippen LogP) is 1.32. The van der Waals surface area contributed by atoms with Gasteiger partial charge < -0.3 is 15.2 Å². The minimum Gasteiger partial charge on any atom is -0.486 e. The molecule has 0 amide bonds. The van der Waals surface area contributed by atoms with Crippen molar-refractivity contribution in [3.63, 3.8) is 0 Å². The molecular weight excluding hydrogens is 226 g/mol. The third-order valence-corrected chi connectivity index (χ3v) is 3.13. The third-order valence-electron chi connectivity index (χ3n) is 2.35. The van der Waals surface area contributed by atoms with Gasteiger partial charge in [0.15, 0.2) is 17.3 Å². The van der Waals surface area contributed by atoms with E-state index >= 15 is 0 Å². The van der Waals surface area contributed by atoms with Gasteiger partial charge in [0.2, 0.25) is 0 Å². The summed E-state index contributed by atoms with van der Waals surface area (Å²) in [5.41, 5.74) is 5.98. The first kappa shape index (κ1) is 11.3. The summed E-state index contributed by atoms with van der Waals surface area (Å²) in [6.07, 6.45) is 1.92. The van der Waals surface area contributed by atoms with Gasteiger partial charge in [-0.25, -0.2) is 0 Å². The van der Waals surface area contributed by atoms with Gasteiger partial charge in [-0.2, -0.15) is 0 Å². The van der Waals surface area contributed by atoms with Crippen molar-refractivity contribution in [1.29, 1.82) is 0 Å². The van der Waals surface area contributed by atoms with Crippen molar-refractivity contribution in [2.24, 2.45) is 5.73 Å². The number of nitrogens with two attached hydrogens (primary N) is 1. The van der Waals surface area contributed by atoms with Crippen molar-refractivity contribution in [3.05, 3.63) is 17.7 Å². The van der Waals surface area contributed by atoms with Gasteiger partial charge in [0.25, 0.3) is 0 Å². The van der Waals surface area contributed by atoms with Crippen molar-refractivity contribution in [2.45, 2.75) is 4.90 Å². The van der Waals surface area contributed by atoms with Crippen molar-refractivity contribution in [1.82, 2.24) is 0 Å². The summed E-state index contributed by atoms with van der Waals surface area (Å²) in [6, 6.07) is 3.55. The molecule has 0 fully saturated rings. The standard InChI is InChI=1S/C11H13NO3S/c1-16-11-5-10-9(14-2-3-15-10)4-7(11)8(13)6-12/h4-5H,2-3,6,12H2,1H3. The van der Waals surface area contributed by atoms with Crippen LogP contribution >= 0.6 is 11.8 Å². The van der Waals surface area contributed by atoms with Gasteiger partial charge >= 0.3 is 0 Å². The van der Waals surface area contributed by atoms with E-state index in [-0.39, 0.29) is 12.3 Å². The molecule has 0 radical (unpaired) electrons. The topological polar surface area (TPSA) is 61.6 Å². The number of benzene rings is 1. The number of ether oxygens (including phenoxy) is 2. The molecule has 16 heavy (non-hydrogen) atoms. The summed E-state index contributed by atoms with van der Waals surface area (Å²) >= 11 is 1.50. The van der Waals surface area contributed by atoms with Crippen LogP contribution in [0.3, 0.4) is 0 Å². The Labute approximate surface area is 98.1 Å². The second-order valence-corrected chi connectivity index (χ2v) is 4.17. The second-order valence-electron chi connectivity index (χ2n) is 3.32. The Balaban J connectivity index is 2.47. The maximum Gasteiger partial charge on any atom is 0.177 e. The highest BCUT2D eigenvalue weighted by molar-refractivity contribution is 7.98. The zero-order valence-electron chi connectivity index (χ0n) is 8.99. The van der Waals surface area contributed by atoms with Crippen molar-refractivity contribution < 1.29 is 14.3 Å². The van der Waals surface area contributed by atoms with Crippen molar-refractivity contribution in [2.75, 3.05) is 26.0 Å². The Morgan fingerprint density at radius 3 is 2.56 bits per heavy atom. The lowest BCUT2D eigenvalue weighted by Crippen LogP contribution is -2.18. The van der Waals surface area contributed by atoms with Crippen LogP contribution in [0.2, 0.25) is 0 Å². The molecule has 1 aromatic carbocycles. The first-order valence-electron chi connectivity index (χ1n) is 4.97. The van der Waals surface area contributed by atoms with Crippen LogP contribution in [0.25, 0.3) is 0 Å². The summed E-state index contributed by atoms with van der Waals surface area (Å²) in [5.74, 6) is 1.24. The number of ketones is 1. The Morgan fingerprint density at radius 1 is 1.38 bits per heavy atom. The van der Waals surface area contributed by atoms with Crippen LogP contribution < -0.4 is 15.2 Å². The van der Waals surface area contributed by atoms with E-state index in [1.807, 2.05) is 12.3 Å². The molecule has 1 heterocycles. The molecule has 2 rings (SSSR count). The molecule has 0 saturated carbocycles. The average Bonchev–Trinajstić information content (AvgIpc) is 2.36. The average molecular weight is 239 g/mol. The van der Waals surface area contributed by atoms with E-state index in [4.69, 9.17) is 15.2 Å². The molecule has 0 bridgehead atoms. The lowest BCUT2D eigenvalue weighted by Gasteiger charge is -2.20.